The van der Waals surface area contributed by atoms with Crippen LogP contribution in [0, 0.1) is 0 Å². The zero-order chi connectivity index (χ0) is 21.8. The van der Waals surface area contributed by atoms with E-state index in [4.69, 9.17) is 0 Å². The predicted octanol–water partition coefficient (Wildman–Crippen LogP) is 4.85. The van der Waals surface area contributed by atoms with Crippen molar-refractivity contribution in [2.45, 2.75) is 0 Å². The Hall–Kier alpha value is -4.58. The first-order valence-electron chi connectivity index (χ1n) is 10.2. The van der Waals surface area contributed by atoms with Gasteiger partial charge in [-0.05, 0) is 23.8 Å². The van der Waals surface area contributed by atoms with E-state index in [0.717, 1.165) is 33.4 Å². The summed E-state index contributed by atoms with van der Waals surface area (Å²) in [5.74, 6) is -0.414. The third-order valence-corrected chi connectivity index (χ3v) is 5.13. The van der Waals surface area contributed by atoms with Gasteiger partial charge in [0, 0.05) is 29.0 Å². The normalized spacial score (nSPS) is 11.1. The van der Waals surface area contributed by atoms with Gasteiger partial charge in [-0.15, -0.1) is 0 Å². The van der Waals surface area contributed by atoms with Crippen molar-refractivity contribution in [2.75, 3.05) is 0 Å². The predicted molar refractivity (Wildman–Crippen MR) is 126 cm³/mol. The van der Waals surface area contributed by atoms with Gasteiger partial charge < -0.3 is 4.57 Å². The van der Waals surface area contributed by atoms with Crippen LogP contribution in [-0.2, 0) is 0 Å². The number of carbonyl (C=O) groups is 1. The van der Waals surface area contributed by atoms with E-state index in [1.165, 1.54) is 18.6 Å². The number of benzene rings is 3. The van der Waals surface area contributed by atoms with E-state index in [1.54, 1.807) is 6.21 Å². The third kappa shape index (κ3) is 3.65. The SMILES string of the molecule is O=C(N/N=C/c1c(-c2ccccc2)n(-c2ccccc2)c2ccccc12)c1cnccn1. The second-order valence-electron chi connectivity index (χ2n) is 7.11. The Morgan fingerprint density at radius 1 is 0.875 bits per heavy atom. The minimum atomic E-state index is -0.414. The molecule has 0 aliphatic heterocycles. The summed E-state index contributed by atoms with van der Waals surface area (Å²) in [7, 11) is 0. The number of rotatable bonds is 5. The number of fused-ring (bicyclic) bond motifs is 1. The lowest BCUT2D eigenvalue weighted by atomic mass is 10.1. The summed E-state index contributed by atoms with van der Waals surface area (Å²) in [6.45, 7) is 0. The lowest BCUT2D eigenvalue weighted by Crippen LogP contribution is -2.19. The molecule has 1 N–H and O–H groups in total. The Balaban J connectivity index is 1.66. The molecule has 0 saturated carbocycles. The standard InChI is InChI=1S/C26H19N5O/c32-26(23-18-27-15-16-28-23)30-29-17-22-21-13-7-8-14-24(21)31(20-11-5-2-6-12-20)25(22)19-9-3-1-4-10-19/h1-18H,(H,30,32)/b29-17+. The number of nitrogens with zero attached hydrogens (tertiary/aromatic N) is 4. The molecule has 0 saturated heterocycles. The van der Waals surface area contributed by atoms with Crippen LogP contribution in [0.3, 0.4) is 0 Å². The minimum Gasteiger partial charge on any atom is -0.309 e. The molecule has 0 aliphatic rings. The summed E-state index contributed by atoms with van der Waals surface area (Å²) in [6, 6.07) is 28.5. The molecule has 5 aromatic rings. The molecule has 0 bridgehead atoms. The molecule has 2 heterocycles. The molecule has 32 heavy (non-hydrogen) atoms. The summed E-state index contributed by atoms with van der Waals surface area (Å²) in [6.07, 6.45) is 6.09. The van der Waals surface area contributed by atoms with Crippen molar-refractivity contribution in [1.29, 1.82) is 0 Å². The molecule has 3 aromatic carbocycles. The Labute approximate surface area is 184 Å². The van der Waals surface area contributed by atoms with Gasteiger partial charge in [0.15, 0.2) is 0 Å². The third-order valence-electron chi connectivity index (χ3n) is 5.13. The van der Waals surface area contributed by atoms with Gasteiger partial charge in [0.2, 0.25) is 0 Å². The van der Waals surface area contributed by atoms with Crippen molar-refractivity contribution >= 4 is 23.0 Å². The van der Waals surface area contributed by atoms with Gasteiger partial charge >= 0.3 is 0 Å². The summed E-state index contributed by atoms with van der Waals surface area (Å²) < 4.78 is 2.22. The van der Waals surface area contributed by atoms with Gasteiger partial charge in [-0.25, -0.2) is 10.4 Å². The molecular weight excluding hydrogens is 398 g/mol. The van der Waals surface area contributed by atoms with Crippen molar-refractivity contribution in [1.82, 2.24) is 20.0 Å². The van der Waals surface area contributed by atoms with Gasteiger partial charge in [0.1, 0.15) is 5.69 Å². The molecule has 2 aromatic heterocycles. The molecule has 0 unspecified atom stereocenters. The zero-order valence-corrected chi connectivity index (χ0v) is 17.1. The molecular formula is C26H19N5O. The van der Waals surface area contributed by atoms with Crippen LogP contribution in [0.25, 0.3) is 27.8 Å². The van der Waals surface area contributed by atoms with Crippen LogP contribution in [0.1, 0.15) is 16.1 Å². The Bertz CT molecular complexity index is 1390. The molecule has 0 fully saturated rings. The fraction of sp³-hybridized carbons (Fsp3) is 0. The number of para-hydroxylation sites is 2. The van der Waals surface area contributed by atoms with Crippen LogP contribution in [0.5, 0.6) is 0 Å². The maximum absolute atomic E-state index is 12.3. The first-order valence-corrected chi connectivity index (χ1v) is 10.2. The second-order valence-corrected chi connectivity index (χ2v) is 7.11. The molecule has 6 nitrogen and oxygen atoms in total. The van der Waals surface area contributed by atoms with E-state index < -0.39 is 5.91 Å². The average Bonchev–Trinajstić information content (AvgIpc) is 3.20. The molecule has 1 amide bonds. The highest BCUT2D eigenvalue weighted by molar-refractivity contribution is 6.07. The van der Waals surface area contributed by atoms with Crippen LogP contribution in [0.4, 0.5) is 0 Å². The lowest BCUT2D eigenvalue weighted by molar-refractivity contribution is 0.0949. The van der Waals surface area contributed by atoms with Crippen LogP contribution >= 0.6 is 0 Å². The smallest absolute Gasteiger partial charge is 0.291 e. The Morgan fingerprint density at radius 2 is 1.59 bits per heavy atom. The Morgan fingerprint density at radius 3 is 2.34 bits per heavy atom. The van der Waals surface area contributed by atoms with Crippen LogP contribution < -0.4 is 5.43 Å². The summed E-state index contributed by atoms with van der Waals surface area (Å²) in [5, 5.41) is 5.29. The number of hydrazone groups is 1. The van der Waals surface area contributed by atoms with E-state index in [-0.39, 0.29) is 5.69 Å². The van der Waals surface area contributed by atoms with E-state index in [9.17, 15) is 4.79 Å². The number of hydrogen-bond acceptors (Lipinski definition) is 4. The van der Waals surface area contributed by atoms with Crippen molar-refractivity contribution < 1.29 is 4.79 Å². The number of nitrogens with one attached hydrogen (secondary N) is 1. The number of aromatic nitrogens is 3. The van der Waals surface area contributed by atoms with E-state index in [1.807, 2.05) is 48.5 Å². The summed E-state index contributed by atoms with van der Waals surface area (Å²) >= 11 is 0. The van der Waals surface area contributed by atoms with E-state index in [2.05, 4.69) is 61.5 Å². The fourth-order valence-electron chi connectivity index (χ4n) is 3.75. The van der Waals surface area contributed by atoms with E-state index >= 15 is 0 Å². The van der Waals surface area contributed by atoms with Gasteiger partial charge in [0.05, 0.1) is 23.6 Å². The molecule has 0 spiro atoms. The number of amides is 1. The van der Waals surface area contributed by atoms with Crippen molar-refractivity contribution in [3.05, 3.63) is 115 Å². The summed E-state index contributed by atoms with van der Waals surface area (Å²) in [5.41, 5.74) is 7.83. The molecule has 0 aliphatic carbocycles. The number of hydrogen-bond donors (Lipinski definition) is 1. The second kappa shape index (κ2) is 8.65. The first-order chi connectivity index (χ1) is 15.8. The van der Waals surface area contributed by atoms with Crippen molar-refractivity contribution in [2.24, 2.45) is 5.10 Å². The van der Waals surface area contributed by atoms with Crippen LogP contribution in [0.2, 0.25) is 0 Å². The molecule has 5 rings (SSSR count). The van der Waals surface area contributed by atoms with Crippen molar-refractivity contribution in [3.63, 3.8) is 0 Å². The fourth-order valence-corrected chi connectivity index (χ4v) is 3.75. The molecule has 0 radical (unpaired) electrons. The van der Waals surface area contributed by atoms with Gasteiger partial charge in [0.25, 0.3) is 5.91 Å². The molecule has 0 atom stereocenters. The highest BCUT2D eigenvalue weighted by Crippen LogP contribution is 2.35. The van der Waals surface area contributed by atoms with Crippen LogP contribution in [0.15, 0.2) is 109 Å². The van der Waals surface area contributed by atoms with Gasteiger partial charge in [-0.1, -0.05) is 66.7 Å². The number of carbonyl (C=O) groups excluding carboxylic acids is 1. The largest absolute Gasteiger partial charge is 0.309 e. The maximum Gasteiger partial charge on any atom is 0.291 e. The monoisotopic (exact) mass is 417 g/mol. The quantitative estimate of drug-likeness (QED) is 0.328. The maximum atomic E-state index is 12.3. The van der Waals surface area contributed by atoms with Crippen LogP contribution in [-0.4, -0.2) is 26.7 Å². The lowest BCUT2D eigenvalue weighted by Gasteiger charge is -2.12. The molecule has 6 heteroatoms. The minimum absolute atomic E-state index is 0.208. The van der Waals surface area contributed by atoms with Gasteiger partial charge in [-0.3, -0.25) is 9.78 Å². The molecule has 154 valence electrons. The van der Waals surface area contributed by atoms with Crippen molar-refractivity contribution in [3.8, 4) is 16.9 Å². The average molecular weight is 417 g/mol. The topological polar surface area (TPSA) is 72.2 Å². The van der Waals surface area contributed by atoms with Gasteiger partial charge in [-0.2, -0.15) is 5.10 Å². The summed E-state index contributed by atoms with van der Waals surface area (Å²) in [4.78, 5) is 20.3. The zero-order valence-electron chi connectivity index (χ0n) is 17.1. The van der Waals surface area contributed by atoms with E-state index in [0.29, 0.717) is 0 Å². The highest BCUT2D eigenvalue weighted by atomic mass is 16.2. The Kier molecular flexibility index (Phi) is 5.24. The highest BCUT2D eigenvalue weighted by Gasteiger charge is 2.18. The first kappa shape index (κ1) is 19.4.